The molecule has 20 heavy (non-hydrogen) atoms. The van der Waals surface area contributed by atoms with Crippen LogP contribution in [0.2, 0.25) is 0 Å². The largest absolute Gasteiger partial charge is 0.508 e. The zero-order chi connectivity index (χ0) is 13.9. The lowest BCUT2D eigenvalue weighted by Crippen LogP contribution is -2.38. The van der Waals surface area contributed by atoms with Crippen LogP contribution in [0.4, 0.5) is 0 Å². The van der Waals surface area contributed by atoms with E-state index in [1.54, 1.807) is 0 Å². The van der Waals surface area contributed by atoms with Gasteiger partial charge in [-0.25, -0.2) is 0 Å². The number of aromatic hydroxyl groups is 1. The molecule has 0 bridgehead atoms. The average molecular weight is 274 g/mol. The first-order valence-corrected chi connectivity index (χ1v) is 8.05. The topological polar surface area (TPSA) is 26.7 Å². The molecule has 0 aromatic heterocycles. The molecule has 1 aromatic rings. The van der Waals surface area contributed by atoms with E-state index in [0.29, 0.717) is 11.8 Å². The Balaban J connectivity index is 1.80. The lowest BCUT2D eigenvalue weighted by atomic mass is 10.0. The van der Waals surface area contributed by atoms with Gasteiger partial charge in [-0.2, -0.15) is 0 Å². The number of rotatable bonds is 3. The van der Waals surface area contributed by atoms with Crippen molar-refractivity contribution in [1.29, 1.82) is 0 Å². The van der Waals surface area contributed by atoms with Crippen LogP contribution in [0.1, 0.15) is 44.2 Å². The molecule has 0 spiro atoms. The zero-order valence-corrected chi connectivity index (χ0v) is 12.5. The summed E-state index contributed by atoms with van der Waals surface area (Å²) in [5.41, 5.74) is 1.10. The number of nitrogens with zero attached hydrogens (tertiary/aromatic N) is 2. The molecular formula is C17H26N2O. The molecule has 0 saturated carbocycles. The van der Waals surface area contributed by atoms with Gasteiger partial charge in [-0.15, -0.1) is 0 Å². The van der Waals surface area contributed by atoms with Gasteiger partial charge in [-0.1, -0.05) is 25.1 Å². The minimum absolute atomic E-state index is 0.358. The summed E-state index contributed by atoms with van der Waals surface area (Å²) >= 11 is 0. The van der Waals surface area contributed by atoms with Crippen molar-refractivity contribution in [2.75, 3.05) is 26.2 Å². The molecule has 2 heterocycles. The summed E-state index contributed by atoms with van der Waals surface area (Å²) in [5, 5.41) is 10.2. The predicted octanol–water partition coefficient (Wildman–Crippen LogP) is 3.01. The first-order valence-electron chi connectivity index (χ1n) is 8.05. The summed E-state index contributed by atoms with van der Waals surface area (Å²) < 4.78 is 0. The van der Waals surface area contributed by atoms with Gasteiger partial charge in [-0.3, -0.25) is 9.80 Å². The normalized spacial score (nSPS) is 26.1. The number of fused-ring (bicyclic) bond motifs is 1. The first kappa shape index (κ1) is 13.9. The standard InChI is InChI=1S/C17H26N2O/c1-2-16(15-8-3-4-9-17(15)20)19-12-6-11-18-10-5-7-14(18)13-19/h3-4,8-9,14,16,20H,2,5-7,10-13H2,1H3. The molecule has 0 aliphatic carbocycles. The monoisotopic (exact) mass is 274 g/mol. The summed E-state index contributed by atoms with van der Waals surface area (Å²) in [4.78, 5) is 5.27. The number of hydrogen-bond acceptors (Lipinski definition) is 3. The highest BCUT2D eigenvalue weighted by Crippen LogP contribution is 2.33. The molecule has 1 aromatic carbocycles. The van der Waals surface area contributed by atoms with Gasteiger partial charge in [-0.05, 0) is 44.8 Å². The lowest BCUT2D eigenvalue weighted by molar-refractivity contribution is 0.167. The summed E-state index contributed by atoms with van der Waals surface area (Å²) in [6, 6.07) is 8.94. The van der Waals surface area contributed by atoms with Crippen molar-refractivity contribution in [3.8, 4) is 5.75 Å². The van der Waals surface area contributed by atoms with E-state index in [9.17, 15) is 5.11 Å². The second-order valence-electron chi connectivity index (χ2n) is 6.16. The maximum Gasteiger partial charge on any atom is 0.120 e. The van der Waals surface area contributed by atoms with Crippen LogP contribution < -0.4 is 0 Å². The minimum atomic E-state index is 0.358. The molecule has 2 saturated heterocycles. The fourth-order valence-electron chi connectivity index (χ4n) is 3.96. The van der Waals surface area contributed by atoms with E-state index in [1.807, 2.05) is 18.2 Å². The SMILES string of the molecule is CCC(c1ccccc1O)N1CCCN2CCCC2C1. The molecule has 2 unspecified atom stereocenters. The number of phenols is 1. The van der Waals surface area contributed by atoms with E-state index in [-0.39, 0.29) is 0 Å². The highest BCUT2D eigenvalue weighted by molar-refractivity contribution is 5.34. The Morgan fingerprint density at radius 2 is 2.00 bits per heavy atom. The second-order valence-corrected chi connectivity index (χ2v) is 6.16. The Labute approximate surface area is 122 Å². The molecule has 0 radical (unpaired) electrons. The van der Waals surface area contributed by atoms with Gasteiger partial charge in [0.25, 0.3) is 0 Å². The van der Waals surface area contributed by atoms with Crippen molar-refractivity contribution in [3.63, 3.8) is 0 Å². The van der Waals surface area contributed by atoms with Gasteiger partial charge >= 0.3 is 0 Å². The van der Waals surface area contributed by atoms with Gasteiger partial charge in [0.15, 0.2) is 0 Å². The van der Waals surface area contributed by atoms with Crippen LogP contribution in [0, 0.1) is 0 Å². The average Bonchev–Trinajstić information content (AvgIpc) is 2.80. The molecule has 2 aliphatic rings. The maximum atomic E-state index is 10.2. The molecule has 0 amide bonds. The van der Waals surface area contributed by atoms with Crippen LogP contribution in [0.25, 0.3) is 0 Å². The predicted molar refractivity (Wildman–Crippen MR) is 81.9 cm³/mol. The van der Waals surface area contributed by atoms with Crippen LogP contribution in [-0.2, 0) is 0 Å². The van der Waals surface area contributed by atoms with Gasteiger partial charge in [0.1, 0.15) is 5.75 Å². The summed E-state index contributed by atoms with van der Waals surface area (Å²) in [5.74, 6) is 0.451. The van der Waals surface area contributed by atoms with Crippen molar-refractivity contribution < 1.29 is 5.11 Å². The van der Waals surface area contributed by atoms with Crippen LogP contribution in [-0.4, -0.2) is 47.1 Å². The van der Waals surface area contributed by atoms with Gasteiger partial charge in [0, 0.05) is 30.7 Å². The van der Waals surface area contributed by atoms with Crippen LogP contribution in [0.5, 0.6) is 5.75 Å². The van der Waals surface area contributed by atoms with E-state index in [2.05, 4.69) is 22.8 Å². The molecule has 3 nitrogen and oxygen atoms in total. The highest BCUT2D eigenvalue weighted by Gasteiger charge is 2.31. The molecular weight excluding hydrogens is 248 g/mol. The van der Waals surface area contributed by atoms with Crippen molar-refractivity contribution in [2.45, 2.75) is 44.7 Å². The Morgan fingerprint density at radius 3 is 2.80 bits per heavy atom. The van der Waals surface area contributed by atoms with Crippen molar-refractivity contribution in [1.82, 2.24) is 9.80 Å². The highest BCUT2D eigenvalue weighted by atomic mass is 16.3. The number of hydrogen-bond donors (Lipinski definition) is 1. The molecule has 3 rings (SSSR count). The molecule has 2 aliphatic heterocycles. The van der Waals surface area contributed by atoms with E-state index in [0.717, 1.165) is 31.1 Å². The molecule has 1 N–H and O–H groups in total. The zero-order valence-electron chi connectivity index (χ0n) is 12.5. The first-order chi connectivity index (χ1) is 9.79. The summed E-state index contributed by atoms with van der Waals surface area (Å²) in [6.07, 6.45) is 5.00. The maximum absolute atomic E-state index is 10.2. The summed E-state index contributed by atoms with van der Waals surface area (Å²) in [7, 11) is 0. The van der Waals surface area contributed by atoms with Crippen molar-refractivity contribution >= 4 is 0 Å². The Hall–Kier alpha value is -1.06. The molecule has 2 fully saturated rings. The number of para-hydroxylation sites is 1. The fraction of sp³-hybridized carbons (Fsp3) is 0.647. The van der Waals surface area contributed by atoms with Crippen LogP contribution >= 0.6 is 0 Å². The van der Waals surface area contributed by atoms with Gasteiger partial charge < -0.3 is 5.11 Å². The van der Waals surface area contributed by atoms with Gasteiger partial charge in [0.2, 0.25) is 0 Å². The Morgan fingerprint density at radius 1 is 1.20 bits per heavy atom. The third kappa shape index (κ3) is 2.70. The molecule has 3 heteroatoms. The van der Waals surface area contributed by atoms with E-state index in [4.69, 9.17) is 0 Å². The third-order valence-electron chi connectivity index (χ3n) is 4.96. The molecule has 2 atom stereocenters. The Bertz CT molecular complexity index is 448. The van der Waals surface area contributed by atoms with Gasteiger partial charge in [0.05, 0.1) is 0 Å². The van der Waals surface area contributed by atoms with Crippen molar-refractivity contribution in [2.24, 2.45) is 0 Å². The quantitative estimate of drug-likeness (QED) is 0.918. The van der Waals surface area contributed by atoms with E-state index in [1.165, 1.54) is 32.4 Å². The van der Waals surface area contributed by atoms with Crippen molar-refractivity contribution in [3.05, 3.63) is 29.8 Å². The molecule has 110 valence electrons. The van der Waals surface area contributed by atoms with Crippen LogP contribution in [0.3, 0.4) is 0 Å². The fourth-order valence-corrected chi connectivity index (χ4v) is 3.96. The smallest absolute Gasteiger partial charge is 0.120 e. The second kappa shape index (κ2) is 6.15. The third-order valence-corrected chi connectivity index (χ3v) is 4.96. The summed E-state index contributed by atoms with van der Waals surface area (Å²) in [6.45, 7) is 7.07. The minimum Gasteiger partial charge on any atom is -0.508 e. The number of phenolic OH excluding ortho intramolecular Hbond substituents is 1. The number of benzene rings is 1. The van der Waals surface area contributed by atoms with E-state index >= 15 is 0 Å². The lowest BCUT2D eigenvalue weighted by Gasteiger charge is -2.33. The van der Waals surface area contributed by atoms with E-state index < -0.39 is 0 Å². The van der Waals surface area contributed by atoms with Crippen LogP contribution in [0.15, 0.2) is 24.3 Å². The Kier molecular flexibility index (Phi) is 4.27.